The van der Waals surface area contributed by atoms with Crippen LogP contribution in [0, 0.1) is 0 Å². The van der Waals surface area contributed by atoms with Gasteiger partial charge in [-0.05, 0) is 31.3 Å². The highest BCUT2D eigenvalue weighted by Crippen LogP contribution is 2.16. The van der Waals surface area contributed by atoms with E-state index in [1.165, 1.54) is 12.1 Å². The van der Waals surface area contributed by atoms with Crippen LogP contribution in [0.15, 0.2) is 29.2 Å². The summed E-state index contributed by atoms with van der Waals surface area (Å²) in [5.74, 6) is 0. The molecular formula is C10H16N2O3S. The molecule has 90 valence electrons. The molecule has 0 bridgehead atoms. The van der Waals surface area contributed by atoms with Gasteiger partial charge >= 0.3 is 0 Å². The Kier molecular flexibility index (Phi) is 4.28. The second kappa shape index (κ2) is 5.29. The first-order valence-electron chi connectivity index (χ1n) is 4.88. The Balaban J connectivity index is 2.79. The summed E-state index contributed by atoms with van der Waals surface area (Å²) < 4.78 is 30.4. The second-order valence-corrected chi connectivity index (χ2v) is 4.92. The number of anilines is 1. The molecule has 1 aromatic rings. The molecule has 0 saturated carbocycles. The van der Waals surface area contributed by atoms with E-state index in [-0.39, 0.29) is 4.90 Å². The molecule has 6 heteroatoms. The summed E-state index contributed by atoms with van der Waals surface area (Å²) in [7, 11) is -0.306. The number of likely N-dealkylation sites (N-methyl/N-ethyl adjacent to an activating group) is 2. The Bertz CT molecular complexity index is 428. The summed E-state index contributed by atoms with van der Waals surface area (Å²) in [6.07, 6.45) is 0. The number of nitrogens with one attached hydrogen (secondary N) is 1. The normalized spacial score (nSPS) is 11.4. The van der Waals surface area contributed by atoms with Gasteiger partial charge in [0.15, 0.2) is 0 Å². The van der Waals surface area contributed by atoms with Crippen molar-refractivity contribution >= 4 is 15.8 Å². The fraction of sp³-hybridized carbons (Fsp3) is 0.400. The van der Waals surface area contributed by atoms with Crippen LogP contribution in [0.25, 0.3) is 0 Å². The third-order valence-corrected chi connectivity index (χ3v) is 3.14. The van der Waals surface area contributed by atoms with Gasteiger partial charge in [-0.2, -0.15) is 8.42 Å². The van der Waals surface area contributed by atoms with Gasteiger partial charge in [-0.15, -0.1) is 0 Å². The number of nitrogens with zero attached hydrogens (tertiary/aromatic N) is 1. The van der Waals surface area contributed by atoms with Gasteiger partial charge in [0.05, 0.1) is 4.90 Å². The van der Waals surface area contributed by atoms with Gasteiger partial charge in [0.2, 0.25) is 0 Å². The lowest BCUT2D eigenvalue weighted by molar-refractivity contribution is 0.483. The molecule has 2 N–H and O–H groups in total. The molecule has 1 aromatic carbocycles. The van der Waals surface area contributed by atoms with Crippen molar-refractivity contribution in [3.8, 4) is 0 Å². The summed E-state index contributed by atoms with van der Waals surface area (Å²) in [5, 5.41) is 3.03. The van der Waals surface area contributed by atoms with E-state index in [2.05, 4.69) is 5.32 Å². The molecule has 0 aliphatic carbocycles. The summed E-state index contributed by atoms with van der Waals surface area (Å²) in [5.41, 5.74) is 0.905. The SMILES string of the molecule is CNCCN(C)c1ccc(S(=O)(=O)O)cc1. The zero-order valence-corrected chi connectivity index (χ0v) is 10.2. The van der Waals surface area contributed by atoms with E-state index in [1.807, 2.05) is 19.0 Å². The van der Waals surface area contributed by atoms with Crippen molar-refractivity contribution < 1.29 is 13.0 Å². The maximum Gasteiger partial charge on any atom is 0.294 e. The molecule has 0 saturated heterocycles. The highest BCUT2D eigenvalue weighted by atomic mass is 32.2. The second-order valence-electron chi connectivity index (χ2n) is 3.49. The molecule has 0 aliphatic heterocycles. The Morgan fingerprint density at radius 1 is 1.31 bits per heavy atom. The molecule has 0 unspecified atom stereocenters. The number of hydrogen-bond donors (Lipinski definition) is 2. The summed E-state index contributed by atoms with van der Waals surface area (Å²) >= 11 is 0. The average Bonchev–Trinajstić information content (AvgIpc) is 2.25. The van der Waals surface area contributed by atoms with Crippen LogP contribution in [0.5, 0.6) is 0 Å². The van der Waals surface area contributed by atoms with E-state index in [1.54, 1.807) is 12.1 Å². The van der Waals surface area contributed by atoms with Gasteiger partial charge in [0, 0.05) is 25.8 Å². The molecular weight excluding hydrogens is 228 g/mol. The van der Waals surface area contributed by atoms with Crippen LogP contribution in [0.1, 0.15) is 0 Å². The van der Waals surface area contributed by atoms with Crippen LogP contribution < -0.4 is 10.2 Å². The minimum Gasteiger partial charge on any atom is -0.373 e. The van der Waals surface area contributed by atoms with Crippen LogP contribution >= 0.6 is 0 Å². The van der Waals surface area contributed by atoms with Gasteiger partial charge in [-0.1, -0.05) is 0 Å². The summed E-state index contributed by atoms with van der Waals surface area (Å²) in [4.78, 5) is 1.91. The van der Waals surface area contributed by atoms with Crippen molar-refractivity contribution in [3.63, 3.8) is 0 Å². The van der Waals surface area contributed by atoms with Crippen molar-refractivity contribution in [2.24, 2.45) is 0 Å². The van der Waals surface area contributed by atoms with E-state index in [9.17, 15) is 8.42 Å². The van der Waals surface area contributed by atoms with Gasteiger partial charge in [-0.25, -0.2) is 0 Å². The summed E-state index contributed by atoms with van der Waals surface area (Å²) in [6, 6.07) is 6.11. The molecule has 0 amide bonds. The van der Waals surface area contributed by atoms with Crippen LogP contribution in [-0.4, -0.2) is 40.2 Å². The van der Waals surface area contributed by atoms with Crippen LogP contribution in [0.2, 0.25) is 0 Å². The molecule has 0 aliphatic rings. The van der Waals surface area contributed by atoms with E-state index in [0.29, 0.717) is 0 Å². The van der Waals surface area contributed by atoms with Crippen molar-refractivity contribution in [2.45, 2.75) is 4.90 Å². The zero-order chi connectivity index (χ0) is 12.2. The largest absolute Gasteiger partial charge is 0.373 e. The Labute approximate surface area is 95.8 Å². The monoisotopic (exact) mass is 244 g/mol. The molecule has 0 radical (unpaired) electrons. The fourth-order valence-electron chi connectivity index (χ4n) is 1.28. The van der Waals surface area contributed by atoms with Gasteiger partial charge in [0.1, 0.15) is 0 Å². The zero-order valence-electron chi connectivity index (χ0n) is 9.34. The third-order valence-electron chi connectivity index (χ3n) is 2.27. The molecule has 0 aromatic heterocycles. The molecule has 0 atom stereocenters. The first-order chi connectivity index (χ1) is 7.45. The highest BCUT2D eigenvalue weighted by Gasteiger charge is 2.09. The standard InChI is InChI=1S/C10H16N2O3S/c1-11-7-8-12(2)9-3-5-10(6-4-9)16(13,14)15/h3-6,11H,7-8H2,1-2H3,(H,13,14,15). The van der Waals surface area contributed by atoms with E-state index < -0.39 is 10.1 Å². The van der Waals surface area contributed by atoms with Gasteiger partial charge < -0.3 is 10.2 Å². The number of rotatable bonds is 5. The Morgan fingerprint density at radius 3 is 2.31 bits per heavy atom. The minimum atomic E-state index is -4.09. The topological polar surface area (TPSA) is 69.6 Å². The molecule has 0 fully saturated rings. The predicted octanol–water partition coefficient (Wildman–Crippen LogP) is 0.589. The van der Waals surface area contributed by atoms with E-state index in [4.69, 9.17) is 4.55 Å². The fourth-order valence-corrected chi connectivity index (χ4v) is 1.76. The maximum atomic E-state index is 10.8. The summed E-state index contributed by atoms with van der Waals surface area (Å²) in [6.45, 7) is 1.66. The lowest BCUT2D eigenvalue weighted by atomic mass is 10.3. The lowest BCUT2D eigenvalue weighted by Gasteiger charge is -2.19. The predicted molar refractivity (Wildman–Crippen MR) is 63.5 cm³/mol. The first kappa shape index (κ1) is 13.0. The number of benzene rings is 1. The molecule has 0 heterocycles. The Morgan fingerprint density at radius 2 is 1.88 bits per heavy atom. The van der Waals surface area contributed by atoms with Gasteiger partial charge in [-0.3, -0.25) is 4.55 Å². The van der Waals surface area contributed by atoms with E-state index in [0.717, 1.165) is 18.8 Å². The highest BCUT2D eigenvalue weighted by molar-refractivity contribution is 7.85. The molecule has 0 spiro atoms. The van der Waals surface area contributed by atoms with E-state index >= 15 is 0 Å². The van der Waals surface area contributed by atoms with Crippen LogP contribution in [0.3, 0.4) is 0 Å². The van der Waals surface area contributed by atoms with Crippen LogP contribution in [0.4, 0.5) is 5.69 Å². The molecule has 16 heavy (non-hydrogen) atoms. The quantitative estimate of drug-likeness (QED) is 0.742. The van der Waals surface area contributed by atoms with Crippen molar-refractivity contribution in [3.05, 3.63) is 24.3 Å². The van der Waals surface area contributed by atoms with Gasteiger partial charge in [0.25, 0.3) is 10.1 Å². The third kappa shape index (κ3) is 3.48. The van der Waals surface area contributed by atoms with Crippen molar-refractivity contribution in [2.75, 3.05) is 32.1 Å². The first-order valence-corrected chi connectivity index (χ1v) is 6.32. The smallest absolute Gasteiger partial charge is 0.294 e. The average molecular weight is 244 g/mol. The minimum absolute atomic E-state index is 0.0849. The molecule has 5 nitrogen and oxygen atoms in total. The lowest BCUT2D eigenvalue weighted by Crippen LogP contribution is -2.26. The number of hydrogen-bond acceptors (Lipinski definition) is 4. The van der Waals surface area contributed by atoms with Crippen LogP contribution in [-0.2, 0) is 10.1 Å². The van der Waals surface area contributed by atoms with Crippen molar-refractivity contribution in [1.29, 1.82) is 0 Å². The van der Waals surface area contributed by atoms with Crippen molar-refractivity contribution in [1.82, 2.24) is 5.32 Å². The maximum absolute atomic E-state index is 10.8. The Hall–Kier alpha value is -1.11. The molecule has 1 rings (SSSR count).